The molecule has 2 rings (SSSR count). The summed E-state index contributed by atoms with van der Waals surface area (Å²) in [7, 11) is 0. The van der Waals surface area contributed by atoms with E-state index in [4.69, 9.17) is 0 Å². The van der Waals surface area contributed by atoms with E-state index in [0.29, 0.717) is 0 Å². The first-order chi connectivity index (χ1) is 10.1. The fourth-order valence-electron chi connectivity index (χ4n) is 2.62. The number of aliphatic hydroxyl groups is 1. The zero-order chi connectivity index (χ0) is 15.2. The molecule has 2 N–H and O–H groups in total. The number of amides is 1. The van der Waals surface area contributed by atoms with E-state index in [9.17, 15) is 9.90 Å². The van der Waals surface area contributed by atoms with Crippen molar-refractivity contribution < 1.29 is 9.90 Å². The second-order valence-corrected chi connectivity index (χ2v) is 5.71. The smallest absolute Gasteiger partial charge is 0.248 e. The normalized spacial score (nSPS) is 19.1. The lowest BCUT2D eigenvalue weighted by atomic mass is 10.2. The first-order valence-corrected chi connectivity index (χ1v) is 7.57. The van der Waals surface area contributed by atoms with E-state index < -0.39 is 6.10 Å². The van der Waals surface area contributed by atoms with E-state index in [1.54, 1.807) is 0 Å². The predicted octanol–water partition coefficient (Wildman–Crippen LogP) is 0.694. The monoisotopic (exact) mass is 291 g/mol. The van der Waals surface area contributed by atoms with Gasteiger partial charge in [0.05, 0.1) is 0 Å². The van der Waals surface area contributed by atoms with Crippen LogP contribution in [0.15, 0.2) is 30.3 Å². The second kappa shape index (κ2) is 7.43. The molecular formula is C16H25N3O2. The van der Waals surface area contributed by atoms with Crippen molar-refractivity contribution in [3.8, 4) is 0 Å². The minimum Gasteiger partial charge on any atom is -0.384 e. The Balaban J connectivity index is 1.75. The molecule has 1 aromatic carbocycles. The van der Waals surface area contributed by atoms with Gasteiger partial charge < -0.3 is 15.3 Å². The van der Waals surface area contributed by atoms with Crippen molar-refractivity contribution in [3.63, 3.8) is 0 Å². The lowest BCUT2D eigenvalue weighted by Gasteiger charge is -2.37. The summed E-state index contributed by atoms with van der Waals surface area (Å²) in [5.74, 6) is -0.301. The standard InChI is InChI=1S/C16H25N3O2/c1-13(17-16(21)14(2)20)12-18-8-10-19(11-9-18)15-6-4-3-5-7-15/h3-7,13-14,20H,8-12H2,1-2H3,(H,17,21). The van der Waals surface area contributed by atoms with Crippen LogP contribution in [0, 0.1) is 0 Å². The van der Waals surface area contributed by atoms with Crippen LogP contribution in [0.5, 0.6) is 0 Å². The molecule has 0 saturated carbocycles. The first kappa shape index (κ1) is 15.8. The summed E-state index contributed by atoms with van der Waals surface area (Å²) in [5, 5.41) is 12.0. The minimum absolute atomic E-state index is 0.0513. The van der Waals surface area contributed by atoms with Crippen molar-refractivity contribution in [1.29, 1.82) is 0 Å². The summed E-state index contributed by atoms with van der Waals surface area (Å²) in [6.45, 7) is 8.27. The van der Waals surface area contributed by atoms with Crippen LogP contribution < -0.4 is 10.2 Å². The minimum atomic E-state index is -0.942. The number of anilines is 1. The molecule has 1 amide bonds. The molecule has 0 bridgehead atoms. The van der Waals surface area contributed by atoms with Crippen LogP contribution in [-0.4, -0.2) is 60.8 Å². The Morgan fingerprint density at radius 3 is 2.38 bits per heavy atom. The third-order valence-corrected chi connectivity index (χ3v) is 3.79. The Hall–Kier alpha value is -1.59. The maximum Gasteiger partial charge on any atom is 0.248 e. The molecule has 2 atom stereocenters. The Kier molecular flexibility index (Phi) is 5.59. The fourth-order valence-corrected chi connectivity index (χ4v) is 2.62. The summed E-state index contributed by atoms with van der Waals surface area (Å²) < 4.78 is 0. The molecule has 116 valence electrons. The molecule has 1 aliphatic heterocycles. The molecule has 1 aliphatic rings. The number of piperazine rings is 1. The van der Waals surface area contributed by atoms with Crippen molar-refractivity contribution in [2.24, 2.45) is 0 Å². The lowest BCUT2D eigenvalue weighted by molar-refractivity contribution is -0.129. The molecule has 5 nitrogen and oxygen atoms in total. The number of hydrogen-bond acceptors (Lipinski definition) is 4. The maximum absolute atomic E-state index is 11.4. The zero-order valence-corrected chi connectivity index (χ0v) is 12.8. The Morgan fingerprint density at radius 1 is 1.19 bits per heavy atom. The molecule has 0 radical (unpaired) electrons. The Bertz CT molecular complexity index is 442. The lowest BCUT2D eigenvalue weighted by Crippen LogP contribution is -2.51. The molecule has 21 heavy (non-hydrogen) atoms. The molecule has 0 spiro atoms. The molecular weight excluding hydrogens is 266 g/mol. The highest BCUT2D eigenvalue weighted by Crippen LogP contribution is 2.15. The van der Waals surface area contributed by atoms with Crippen LogP contribution in [0.25, 0.3) is 0 Å². The van der Waals surface area contributed by atoms with Gasteiger partial charge in [0.1, 0.15) is 6.10 Å². The Morgan fingerprint density at radius 2 is 1.81 bits per heavy atom. The van der Waals surface area contributed by atoms with Crippen LogP contribution in [0.2, 0.25) is 0 Å². The number of aliphatic hydroxyl groups excluding tert-OH is 1. The summed E-state index contributed by atoms with van der Waals surface area (Å²) in [6, 6.07) is 10.5. The number of para-hydroxylation sites is 1. The number of carbonyl (C=O) groups excluding carboxylic acids is 1. The summed E-state index contributed by atoms with van der Waals surface area (Å²) in [4.78, 5) is 16.2. The van der Waals surface area contributed by atoms with Gasteiger partial charge in [-0.1, -0.05) is 18.2 Å². The fraction of sp³-hybridized carbons (Fsp3) is 0.562. The van der Waals surface area contributed by atoms with Crippen molar-refractivity contribution in [1.82, 2.24) is 10.2 Å². The molecule has 1 fully saturated rings. The summed E-state index contributed by atoms with van der Waals surface area (Å²) in [5.41, 5.74) is 1.27. The van der Waals surface area contributed by atoms with Gasteiger partial charge in [-0.05, 0) is 26.0 Å². The highest BCUT2D eigenvalue weighted by Gasteiger charge is 2.20. The molecule has 1 heterocycles. The largest absolute Gasteiger partial charge is 0.384 e. The van der Waals surface area contributed by atoms with E-state index >= 15 is 0 Å². The van der Waals surface area contributed by atoms with Crippen molar-refractivity contribution in [2.45, 2.75) is 26.0 Å². The first-order valence-electron chi connectivity index (χ1n) is 7.57. The van der Waals surface area contributed by atoms with Gasteiger partial charge in [-0.15, -0.1) is 0 Å². The molecule has 1 saturated heterocycles. The van der Waals surface area contributed by atoms with Gasteiger partial charge in [-0.3, -0.25) is 9.69 Å². The summed E-state index contributed by atoms with van der Waals surface area (Å²) >= 11 is 0. The predicted molar refractivity (Wildman–Crippen MR) is 84.4 cm³/mol. The highest BCUT2D eigenvalue weighted by atomic mass is 16.3. The quantitative estimate of drug-likeness (QED) is 0.838. The maximum atomic E-state index is 11.4. The van der Waals surface area contributed by atoms with E-state index in [1.807, 2.05) is 13.0 Å². The number of nitrogens with zero attached hydrogens (tertiary/aromatic N) is 2. The number of rotatable bonds is 5. The van der Waals surface area contributed by atoms with Crippen molar-refractivity contribution >= 4 is 11.6 Å². The van der Waals surface area contributed by atoms with E-state index in [-0.39, 0.29) is 11.9 Å². The van der Waals surface area contributed by atoms with Gasteiger partial charge in [0.15, 0.2) is 0 Å². The van der Waals surface area contributed by atoms with Crippen LogP contribution in [-0.2, 0) is 4.79 Å². The molecule has 5 heteroatoms. The van der Waals surface area contributed by atoms with E-state index in [2.05, 4.69) is 39.4 Å². The molecule has 2 unspecified atom stereocenters. The van der Waals surface area contributed by atoms with Crippen LogP contribution in [0.3, 0.4) is 0 Å². The topological polar surface area (TPSA) is 55.8 Å². The molecule has 0 aromatic heterocycles. The molecule has 1 aromatic rings. The van der Waals surface area contributed by atoms with Gasteiger partial charge in [0.25, 0.3) is 0 Å². The van der Waals surface area contributed by atoms with Crippen LogP contribution in [0.4, 0.5) is 5.69 Å². The van der Waals surface area contributed by atoms with Crippen molar-refractivity contribution in [2.75, 3.05) is 37.6 Å². The van der Waals surface area contributed by atoms with E-state index in [0.717, 1.165) is 32.7 Å². The van der Waals surface area contributed by atoms with Gasteiger partial charge >= 0.3 is 0 Å². The van der Waals surface area contributed by atoms with Crippen LogP contribution in [0.1, 0.15) is 13.8 Å². The molecule has 0 aliphatic carbocycles. The third kappa shape index (κ3) is 4.72. The zero-order valence-electron chi connectivity index (χ0n) is 12.8. The van der Waals surface area contributed by atoms with Crippen LogP contribution >= 0.6 is 0 Å². The SMILES string of the molecule is CC(CN1CCN(c2ccccc2)CC1)NC(=O)C(C)O. The highest BCUT2D eigenvalue weighted by molar-refractivity contribution is 5.80. The summed E-state index contributed by atoms with van der Waals surface area (Å²) in [6.07, 6.45) is -0.942. The Labute approximate surface area is 126 Å². The average molecular weight is 291 g/mol. The van der Waals surface area contributed by atoms with Gasteiger partial charge in [0, 0.05) is 44.5 Å². The average Bonchev–Trinajstić information content (AvgIpc) is 2.48. The van der Waals surface area contributed by atoms with Gasteiger partial charge in [-0.25, -0.2) is 0 Å². The second-order valence-electron chi connectivity index (χ2n) is 5.71. The van der Waals surface area contributed by atoms with Gasteiger partial charge in [-0.2, -0.15) is 0 Å². The third-order valence-electron chi connectivity index (χ3n) is 3.79. The van der Waals surface area contributed by atoms with E-state index in [1.165, 1.54) is 12.6 Å². The number of nitrogens with one attached hydrogen (secondary N) is 1. The number of hydrogen-bond donors (Lipinski definition) is 2. The number of carbonyl (C=O) groups is 1. The van der Waals surface area contributed by atoms with Crippen molar-refractivity contribution in [3.05, 3.63) is 30.3 Å². The number of benzene rings is 1. The van der Waals surface area contributed by atoms with Gasteiger partial charge in [0.2, 0.25) is 5.91 Å².